The van der Waals surface area contributed by atoms with Gasteiger partial charge in [-0.05, 0) is 160 Å². The SMILES string of the molecule is Cc1ccc(N(c2ccc(-c3cccc4c3-c3ccccc3C43CCCCC3)cc2)c2cccc(-c3cccc4c3-c3ccccc3[C@@]43C4=C[C@H](C)CC(C4)C[C@@H]3C)c2)cc1. The van der Waals surface area contributed by atoms with E-state index in [9.17, 15) is 0 Å². The van der Waals surface area contributed by atoms with Gasteiger partial charge in [-0.1, -0.05) is 172 Å². The minimum Gasteiger partial charge on any atom is -0.310 e. The fourth-order valence-corrected chi connectivity index (χ4v) is 13.5. The molecule has 7 aromatic rings. The number of hydrogen-bond donors (Lipinski definition) is 0. The number of fused-ring (bicyclic) bond motifs is 13. The Balaban J connectivity index is 0.971. The van der Waals surface area contributed by atoms with Crippen molar-refractivity contribution in [2.45, 2.75) is 83.0 Å². The zero-order valence-corrected chi connectivity index (χ0v) is 35.9. The number of benzene rings is 7. The normalized spacial score (nSPS) is 22.6. The lowest BCUT2D eigenvalue weighted by Gasteiger charge is -2.49. The largest absolute Gasteiger partial charge is 0.310 e. The highest BCUT2D eigenvalue weighted by Gasteiger charge is 2.54. The monoisotopic (exact) mass is 789 g/mol. The lowest BCUT2D eigenvalue weighted by Crippen LogP contribution is -2.43. The Bertz CT molecular complexity index is 2870. The van der Waals surface area contributed by atoms with Crippen LogP contribution in [0.5, 0.6) is 0 Å². The van der Waals surface area contributed by atoms with Crippen molar-refractivity contribution < 1.29 is 0 Å². The van der Waals surface area contributed by atoms with Crippen molar-refractivity contribution in [2.75, 3.05) is 4.90 Å². The van der Waals surface area contributed by atoms with Crippen LogP contribution in [0.15, 0.2) is 169 Å². The zero-order valence-electron chi connectivity index (χ0n) is 35.9. The first-order valence-electron chi connectivity index (χ1n) is 23.2. The van der Waals surface area contributed by atoms with Crippen molar-refractivity contribution in [1.29, 1.82) is 0 Å². The van der Waals surface area contributed by atoms with Crippen LogP contribution >= 0.6 is 0 Å². The van der Waals surface area contributed by atoms with Crippen LogP contribution in [0, 0.1) is 24.7 Å². The summed E-state index contributed by atoms with van der Waals surface area (Å²) in [5.41, 5.74) is 23.6. The number of rotatable bonds is 5. The van der Waals surface area contributed by atoms with Crippen LogP contribution < -0.4 is 4.90 Å². The summed E-state index contributed by atoms with van der Waals surface area (Å²) in [6.07, 6.45) is 13.0. The molecule has 1 nitrogen and oxygen atoms in total. The predicted octanol–water partition coefficient (Wildman–Crippen LogP) is 16.3. The summed E-state index contributed by atoms with van der Waals surface area (Å²) in [6, 6.07) is 60.7. The minimum atomic E-state index is -0.0572. The smallest absolute Gasteiger partial charge is 0.0467 e. The van der Waals surface area contributed by atoms with Gasteiger partial charge in [0.1, 0.15) is 0 Å². The van der Waals surface area contributed by atoms with Crippen LogP contribution in [-0.4, -0.2) is 0 Å². The third-order valence-electron chi connectivity index (χ3n) is 15.9. The first-order valence-corrected chi connectivity index (χ1v) is 23.2. The second kappa shape index (κ2) is 14.1. The van der Waals surface area contributed by atoms with Crippen LogP contribution in [-0.2, 0) is 10.8 Å². The molecule has 0 heterocycles. The van der Waals surface area contributed by atoms with Gasteiger partial charge in [0.2, 0.25) is 0 Å². The summed E-state index contributed by atoms with van der Waals surface area (Å²) in [5, 5.41) is 0. The molecule has 61 heavy (non-hydrogen) atoms. The molecule has 2 spiro atoms. The van der Waals surface area contributed by atoms with E-state index in [2.05, 4.69) is 189 Å². The van der Waals surface area contributed by atoms with E-state index in [4.69, 9.17) is 0 Å². The second-order valence-corrected chi connectivity index (χ2v) is 19.4. The first kappa shape index (κ1) is 36.9. The highest BCUT2D eigenvalue weighted by atomic mass is 15.1. The topological polar surface area (TPSA) is 3.24 Å². The van der Waals surface area contributed by atoms with E-state index in [0.29, 0.717) is 11.8 Å². The van der Waals surface area contributed by atoms with Gasteiger partial charge in [-0.25, -0.2) is 0 Å². The Morgan fingerprint density at radius 3 is 1.84 bits per heavy atom. The molecule has 0 aliphatic heterocycles. The van der Waals surface area contributed by atoms with Gasteiger partial charge in [0.15, 0.2) is 0 Å². The molecular weight excluding hydrogens is 735 g/mol. The van der Waals surface area contributed by atoms with Crippen molar-refractivity contribution in [3.63, 3.8) is 0 Å². The predicted molar refractivity (Wildman–Crippen MR) is 256 cm³/mol. The summed E-state index contributed by atoms with van der Waals surface area (Å²) in [7, 11) is 0. The van der Waals surface area contributed by atoms with E-state index in [1.54, 1.807) is 16.7 Å². The Kier molecular flexibility index (Phi) is 8.51. The average Bonchev–Trinajstić information content (AvgIpc) is 3.75. The first-order chi connectivity index (χ1) is 29.9. The maximum Gasteiger partial charge on any atom is 0.0467 e. The van der Waals surface area contributed by atoms with Gasteiger partial charge < -0.3 is 4.90 Å². The van der Waals surface area contributed by atoms with E-state index < -0.39 is 0 Å². The molecule has 5 aliphatic rings. The van der Waals surface area contributed by atoms with E-state index in [0.717, 1.165) is 17.3 Å². The second-order valence-electron chi connectivity index (χ2n) is 19.4. The maximum absolute atomic E-state index is 2.66. The van der Waals surface area contributed by atoms with Crippen molar-refractivity contribution in [3.8, 4) is 44.5 Å². The lowest BCUT2D eigenvalue weighted by atomic mass is 9.54. The maximum atomic E-state index is 2.66. The molecular formula is C60H55N. The third-order valence-corrected chi connectivity index (χ3v) is 15.9. The van der Waals surface area contributed by atoms with E-state index in [1.807, 2.05) is 0 Å². The Morgan fingerprint density at radius 2 is 1.08 bits per heavy atom. The van der Waals surface area contributed by atoms with Gasteiger partial charge in [0.25, 0.3) is 0 Å². The summed E-state index contributed by atoms with van der Waals surface area (Å²) < 4.78 is 0. The summed E-state index contributed by atoms with van der Waals surface area (Å²) in [6.45, 7) is 7.15. The summed E-state index contributed by atoms with van der Waals surface area (Å²) in [5.74, 6) is 1.98. The van der Waals surface area contributed by atoms with Crippen molar-refractivity contribution in [2.24, 2.45) is 17.8 Å². The van der Waals surface area contributed by atoms with Crippen molar-refractivity contribution in [3.05, 3.63) is 197 Å². The highest BCUT2D eigenvalue weighted by Crippen LogP contribution is 2.64. The van der Waals surface area contributed by atoms with Crippen LogP contribution in [0.1, 0.15) is 93.0 Å². The van der Waals surface area contributed by atoms with Crippen LogP contribution in [0.25, 0.3) is 44.5 Å². The van der Waals surface area contributed by atoms with Crippen LogP contribution in [0.2, 0.25) is 0 Å². The lowest BCUT2D eigenvalue weighted by molar-refractivity contribution is 0.214. The Hall–Kier alpha value is -5.92. The molecule has 0 saturated heterocycles. The fraction of sp³-hybridized carbons (Fsp3) is 0.267. The van der Waals surface area contributed by atoms with Crippen LogP contribution in [0.4, 0.5) is 17.1 Å². The van der Waals surface area contributed by atoms with E-state index in [1.165, 1.54) is 118 Å². The van der Waals surface area contributed by atoms with Gasteiger partial charge in [-0.2, -0.15) is 0 Å². The third kappa shape index (κ3) is 5.45. The van der Waals surface area contributed by atoms with Gasteiger partial charge in [-0.15, -0.1) is 0 Å². The molecule has 0 N–H and O–H groups in total. The van der Waals surface area contributed by atoms with Gasteiger partial charge in [0, 0.05) is 27.9 Å². The molecule has 5 aliphatic carbocycles. The van der Waals surface area contributed by atoms with Crippen molar-refractivity contribution in [1.82, 2.24) is 0 Å². The molecule has 7 aromatic carbocycles. The number of aryl methyl sites for hydroxylation is 1. The molecule has 1 unspecified atom stereocenters. The van der Waals surface area contributed by atoms with Gasteiger partial charge in [-0.3, -0.25) is 0 Å². The Labute approximate surface area is 362 Å². The summed E-state index contributed by atoms with van der Waals surface area (Å²) in [4.78, 5) is 2.45. The van der Waals surface area contributed by atoms with E-state index in [-0.39, 0.29) is 10.8 Å². The number of allylic oxidation sites excluding steroid dienone is 2. The minimum absolute atomic E-state index is 0.0572. The average molecular weight is 790 g/mol. The molecule has 300 valence electrons. The molecule has 12 rings (SSSR count). The molecule has 0 aromatic heterocycles. The summed E-state index contributed by atoms with van der Waals surface area (Å²) >= 11 is 0. The number of nitrogens with zero attached hydrogens (tertiary/aromatic N) is 1. The van der Waals surface area contributed by atoms with Crippen molar-refractivity contribution >= 4 is 17.1 Å². The Morgan fingerprint density at radius 1 is 0.492 bits per heavy atom. The molecule has 0 amide bonds. The zero-order chi connectivity index (χ0) is 40.9. The van der Waals surface area contributed by atoms with Crippen LogP contribution in [0.3, 0.4) is 0 Å². The highest BCUT2D eigenvalue weighted by molar-refractivity contribution is 5.96. The fourth-order valence-electron chi connectivity index (χ4n) is 13.5. The standard InChI is InChI=1S/C60H55N/c1-39-24-28-46(29-25-39)61(47-30-26-43(27-31-47)49-18-12-22-55-57(49)51-16-5-7-20-53(51)59(55)32-9-4-10-33-59)48-15-11-14-44(38-48)50-19-13-23-56-58(50)52-17-6-8-21-54(52)60(56)41(3)36-42-34-40(2)35-45(60)37-42/h5-8,11-31,35,38,40-42H,4,9-10,32-34,36-37H2,1-3H3/t40-,41+,42?,60-/m1/s1. The molecule has 1 heteroatoms. The molecule has 2 saturated carbocycles. The molecule has 2 fully saturated rings. The number of anilines is 3. The van der Waals surface area contributed by atoms with Gasteiger partial charge >= 0.3 is 0 Å². The molecule has 0 radical (unpaired) electrons. The molecule has 4 atom stereocenters. The quantitative estimate of drug-likeness (QED) is 0.157. The number of hydrogen-bond acceptors (Lipinski definition) is 1. The van der Waals surface area contributed by atoms with E-state index >= 15 is 0 Å². The molecule has 2 bridgehead atoms. The van der Waals surface area contributed by atoms with Gasteiger partial charge in [0.05, 0.1) is 0 Å².